The number of ether oxygens (including phenoxy) is 1. The van der Waals surface area contributed by atoms with Gasteiger partial charge >= 0.3 is 0 Å². The summed E-state index contributed by atoms with van der Waals surface area (Å²) in [5, 5.41) is 12.9. The first-order chi connectivity index (χ1) is 16.7. The largest absolute Gasteiger partial charge is 0.378 e. The highest BCUT2D eigenvalue weighted by Crippen LogP contribution is 2.20. The van der Waals surface area contributed by atoms with Gasteiger partial charge in [0.05, 0.1) is 43.2 Å². The number of morpholine rings is 1. The monoisotopic (exact) mass is 460 g/mol. The van der Waals surface area contributed by atoms with Gasteiger partial charge in [0.15, 0.2) is 5.65 Å². The van der Waals surface area contributed by atoms with Gasteiger partial charge in [-0.05, 0) is 17.7 Å². The molecule has 4 heterocycles. The molecule has 176 valence electrons. The molecule has 0 spiro atoms. The van der Waals surface area contributed by atoms with Crippen molar-refractivity contribution < 1.29 is 9.53 Å². The van der Waals surface area contributed by atoms with Crippen molar-refractivity contribution in [2.24, 2.45) is 0 Å². The fourth-order valence-corrected chi connectivity index (χ4v) is 3.98. The van der Waals surface area contributed by atoms with E-state index in [0.717, 1.165) is 48.6 Å². The summed E-state index contributed by atoms with van der Waals surface area (Å²) in [5.74, 6) is 0.697. The number of nitrogens with zero attached hydrogens (tertiary/aromatic N) is 7. The van der Waals surface area contributed by atoms with E-state index in [1.54, 1.807) is 23.3 Å². The molecule has 0 bridgehead atoms. The van der Waals surface area contributed by atoms with Crippen molar-refractivity contribution in [2.45, 2.75) is 32.9 Å². The SMILES string of the molecule is CCC(=O)CCn1cc(Nc2ncc3cnn(Cc4cccc(N5CCOCC5)c4)c3n2)cn1. The predicted octanol–water partition coefficient (Wildman–Crippen LogP) is 3.02. The van der Waals surface area contributed by atoms with Crippen LogP contribution in [0.5, 0.6) is 0 Å². The third kappa shape index (κ3) is 5.07. The maximum absolute atomic E-state index is 11.6. The summed E-state index contributed by atoms with van der Waals surface area (Å²) in [5.41, 5.74) is 3.89. The lowest BCUT2D eigenvalue weighted by Gasteiger charge is -2.29. The minimum absolute atomic E-state index is 0.225. The number of fused-ring (bicyclic) bond motifs is 1. The molecule has 1 N–H and O–H groups in total. The van der Waals surface area contributed by atoms with E-state index in [1.165, 1.54) is 5.69 Å². The van der Waals surface area contributed by atoms with Crippen LogP contribution in [0.25, 0.3) is 11.0 Å². The van der Waals surface area contributed by atoms with Gasteiger partial charge in [0.25, 0.3) is 0 Å². The number of carbonyl (C=O) groups excluding carboxylic acids is 1. The van der Waals surface area contributed by atoms with E-state index < -0.39 is 0 Å². The molecule has 1 fully saturated rings. The van der Waals surface area contributed by atoms with Gasteiger partial charge in [0.2, 0.25) is 5.95 Å². The van der Waals surface area contributed by atoms with E-state index >= 15 is 0 Å². The number of aryl methyl sites for hydroxylation is 1. The first-order valence-electron chi connectivity index (χ1n) is 11.6. The van der Waals surface area contributed by atoms with E-state index in [4.69, 9.17) is 9.72 Å². The quantitative estimate of drug-likeness (QED) is 0.407. The number of Topliss-reactive ketones (excluding diaryl/α,β-unsaturated/α-hetero) is 1. The maximum atomic E-state index is 11.6. The van der Waals surface area contributed by atoms with Crippen molar-refractivity contribution in [2.75, 3.05) is 36.5 Å². The van der Waals surface area contributed by atoms with Crippen LogP contribution in [0.4, 0.5) is 17.3 Å². The molecule has 1 aromatic carbocycles. The second-order valence-corrected chi connectivity index (χ2v) is 8.30. The van der Waals surface area contributed by atoms with Gasteiger partial charge in [-0.15, -0.1) is 0 Å². The summed E-state index contributed by atoms with van der Waals surface area (Å²) in [6.07, 6.45) is 8.14. The predicted molar refractivity (Wildman–Crippen MR) is 129 cm³/mol. The summed E-state index contributed by atoms with van der Waals surface area (Å²) in [4.78, 5) is 23.0. The molecule has 10 nitrogen and oxygen atoms in total. The number of anilines is 3. The lowest BCUT2D eigenvalue weighted by Crippen LogP contribution is -2.36. The maximum Gasteiger partial charge on any atom is 0.229 e. The van der Waals surface area contributed by atoms with Crippen molar-refractivity contribution in [3.8, 4) is 0 Å². The molecule has 1 aliphatic heterocycles. The summed E-state index contributed by atoms with van der Waals surface area (Å²) in [7, 11) is 0. The number of hydrogen-bond acceptors (Lipinski definition) is 8. The number of nitrogens with one attached hydrogen (secondary N) is 1. The Labute approximate surface area is 197 Å². The van der Waals surface area contributed by atoms with E-state index in [-0.39, 0.29) is 5.78 Å². The first kappa shape index (κ1) is 22.0. The highest BCUT2D eigenvalue weighted by atomic mass is 16.5. The van der Waals surface area contributed by atoms with Gasteiger partial charge in [0.1, 0.15) is 5.78 Å². The average Bonchev–Trinajstić information content (AvgIpc) is 3.50. The second kappa shape index (κ2) is 10.0. The Balaban J connectivity index is 1.30. The van der Waals surface area contributed by atoms with Gasteiger partial charge in [0, 0.05) is 50.6 Å². The molecule has 0 unspecified atom stereocenters. The fourth-order valence-electron chi connectivity index (χ4n) is 3.98. The molecule has 5 rings (SSSR count). The van der Waals surface area contributed by atoms with Crippen LogP contribution in [0.3, 0.4) is 0 Å². The van der Waals surface area contributed by atoms with Crippen LogP contribution in [-0.2, 0) is 22.6 Å². The average molecular weight is 461 g/mol. The molecule has 1 saturated heterocycles. The van der Waals surface area contributed by atoms with Crippen LogP contribution in [0, 0.1) is 0 Å². The molecule has 0 atom stereocenters. The number of rotatable bonds is 9. The molecule has 0 saturated carbocycles. The molecule has 3 aromatic heterocycles. The summed E-state index contributed by atoms with van der Waals surface area (Å²) in [6.45, 7) is 6.38. The van der Waals surface area contributed by atoms with Crippen molar-refractivity contribution in [1.29, 1.82) is 0 Å². The van der Waals surface area contributed by atoms with E-state index in [9.17, 15) is 4.79 Å². The fraction of sp³-hybridized carbons (Fsp3) is 0.375. The van der Waals surface area contributed by atoms with Crippen LogP contribution in [0.2, 0.25) is 0 Å². The lowest BCUT2D eigenvalue weighted by atomic mass is 10.2. The third-order valence-corrected chi connectivity index (χ3v) is 5.90. The van der Waals surface area contributed by atoms with Crippen LogP contribution in [0.15, 0.2) is 49.1 Å². The normalized spacial score (nSPS) is 14.0. The van der Waals surface area contributed by atoms with Crippen LogP contribution in [0.1, 0.15) is 25.3 Å². The zero-order chi connectivity index (χ0) is 23.3. The van der Waals surface area contributed by atoms with Gasteiger partial charge < -0.3 is 15.0 Å². The molecule has 34 heavy (non-hydrogen) atoms. The van der Waals surface area contributed by atoms with Crippen LogP contribution < -0.4 is 10.2 Å². The molecular formula is C24H28N8O2. The van der Waals surface area contributed by atoms with E-state index in [2.05, 4.69) is 49.7 Å². The molecular weight excluding hydrogens is 432 g/mol. The zero-order valence-electron chi connectivity index (χ0n) is 19.2. The number of hydrogen-bond donors (Lipinski definition) is 1. The second-order valence-electron chi connectivity index (χ2n) is 8.30. The Morgan fingerprint density at radius 2 is 2.03 bits per heavy atom. The number of ketones is 1. The van der Waals surface area contributed by atoms with Gasteiger partial charge in [-0.3, -0.25) is 9.48 Å². The lowest BCUT2D eigenvalue weighted by molar-refractivity contribution is -0.119. The smallest absolute Gasteiger partial charge is 0.229 e. The minimum atomic E-state index is 0.225. The van der Waals surface area contributed by atoms with Crippen molar-refractivity contribution in [1.82, 2.24) is 29.5 Å². The Bertz CT molecular complexity index is 1270. The summed E-state index contributed by atoms with van der Waals surface area (Å²) < 4.78 is 9.11. The Hall–Kier alpha value is -3.79. The Morgan fingerprint density at radius 3 is 2.88 bits per heavy atom. The van der Waals surface area contributed by atoms with Crippen LogP contribution >= 0.6 is 0 Å². The molecule has 0 aliphatic carbocycles. The standard InChI is InChI=1S/C24H28N8O2/c1-2-22(33)6-7-31-17-20(15-26-31)28-24-25-13-19-14-27-32(23(19)29-24)16-18-4-3-5-21(12-18)30-8-10-34-11-9-30/h3-5,12-15,17H,2,6-11,16H2,1H3,(H,25,28,29). The summed E-state index contributed by atoms with van der Waals surface area (Å²) >= 11 is 0. The number of aromatic nitrogens is 6. The first-order valence-corrected chi connectivity index (χ1v) is 11.6. The van der Waals surface area contributed by atoms with Crippen molar-refractivity contribution in [3.63, 3.8) is 0 Å². The molecule has 10 heteroatoms. The van der Waals surface area contributed by atoms with Crippen molar-refractivity contribution >= 4 is 34.1 Å². The van der Waals surface area contributed by atoms with Crippen molar-refractivity contribution in [3.05, 3.63) is 54.6 Å². The van der Waals surface area contributed by atoms with Gasteiger partial charge in [-0.2, -0.15) is 15.2 Å². The molecule has 0 radical (unpaired) electrons. The summed E-state index contributed by atoms with van der Waals surface area (Å²) in [6, 6.07) is 8.53. The molecule has 0 amide bonds. The molecule has 1 aliphatic rings. The number of benzene rings is 1. The van der Waals surface area contributed by atoms with E-state index in [0.29, 0.717) is 31.9 Å². The Morgan fingerprint density at radius 1 is 1.15 bits per heavy atom. The highest BCUT2D eigenvalue weighted by molar-refractivity contribution is 5.78. The topological polar surface area (TPSA) is 103 Å². The number of carbonyl (C=O) groups is 1. The minimum Gasteiger partial charge on any atom is -0.378 e. The molecule has 4 aromatic rings. The highest BCUT2D eigenvalue weighted by Gasteiger charge is 2.13. The van der Waals surface area contributed by atoms with Gasteiger partial charge in [-0.1, -0.05) is 19.1 Å². The van der Waals surface area contributed by atoms with Crippen LogP contribution in [-0.4, -0.2) is 61.6 Å². The van der Waals surface area contributed by atoms with Gasteiger partial charge in [-0.25, -0.2) is 9.67 Å². The Kier molecular flexibility index (Phi) is 6.48. The third-order valence-electron chi connectivity index (χ3n) is 5.90. The van der Waals surface area contributed by atoms with E-state index in [1.807, 2.05) is 17.8 Å². The zero-order valence-corrected chi connectivity index (χ0v) is 19.2.